The molecule has 0 amide bonds. The first-order valence-electron chi connectivity index (χ1n) is 8.32. The van der Waals surface area contributed by atoms with Gasteiger partial charge in [0, 0.05) is 7.11 Å². The molecular formula is C18H27NO2. The molecule has 21 heavy (non-hydrogen) atoms. The molecule has 2 aliphatic carbocycles. The highest BCUT2D eigenvalue weighted by atomic mass is 16.5. The Labute approximate surface area is 128 Å². The fraction of sp³-hybridized carbons (Fsp3) is 0.667. The number of hydrogen-bond acceptors (Lipinski definition) is 3. The Morgan fingerprint density at radius 3 is 2.67 bits per heavy atom. The zero-order valence-electron chi connectivity index (χ0n) is 13.2. The molecule has 3 heteroatoms. The molecule has 1 aromatic carbocycles. The van der Waals surface area contributed by atoms with Gasteiger partial charge in [0.25, 0.3) is 0 Å². The summed E-state index contributed by atoms with van der Waals surface area (Å²) in [5.74, 6) is 1.00. The Morgan fingerprint density at radius 1 is 1.29 bits per heavy atom. The van der Waals surface area contributed by atoms with Crippen LogP contribution in [0, 0.1) is 0 Å². The largest absolute Gasteiger partial charge is 0.490 e. The van der Waals surface area contributed by atoms with E-state index in [0.29, 0.717) is 6.10 Å². The van der Waals surface area contributed by atoms with Crippen LogP contribution in [0.1, 0.15) is 57.1 Å². The van der Waals surface area contributed by atoms with Gasteiger partial charge >= 0.3 is 0 Å². The molecule has 0 heterocycles. The molecule has 116 valence electrons. The maximum absolute atomic E-state index is 6.00. The Kier molecular flexibility index (Phi) is 4.51. The highest BCUT2D eigenvalue weighted by Gasteiger charge is 2.42. The summed E-state index contributed by atoms with van der Waals surface area (Å²) in [6.07, 6.45) is 7.62. The van der Waals surface area contributed by atoms with E-state index in [-0.39, 0.29) is 11.6 Å². The number of likely N-dealkylation sites (N-methyl/N-ethyl adjacent to an activating group) is 1. The first kappa shape index (κ1) is 14.9. The molecule has 3 nitrogen and oxygen atoms in total. The number of hydrogen-bond donors (Lipinski definition) is 1. The van der Waals surface area contributed by atoms with E-state index in [1.165, 1.54) is 31.2 Å². The van der Waals surface area contributed by atoms with Gasteiger partial charge in [-0.25, -0.2) is 0 Å². The van der Waals surface area contributed by atoms with Crippen molar-refractivity contribution in [3.8, 4) is 5.75 Å². The summed E-state index contributed by atoms with van der Waals surface area (Å²) in [6, 6.07) is 8.82. The minimum Gasteiger partial charge on any atom is -0.490 e. The molecule has 1 N–H and O–H groups in total. The lowest BCUT2D eigenvalue weighted by Crippen LogP contribution is -2.43. The van der Waals surface area contributed by atoms with Gasteiger partial charge in [-0.1, -0.05) is 31.9 Å². The van der Waals surface area contributed by atoms with E-state index in [1.54, 1.807) is 0 Å². The van der Waals surface area contributed by atoms with E-state index in [0.717, 1.165) is 25.1 Å². The standard InChI is InChI=1S/C18H27NO2/c1-3-19-17(18(20-2)11-4-5-12-18)14-7-6-8-16(13-14)21-15-9-10-15/h6-8,13,15,17,19H,3-5,9-12H2,1-2H3. The first-order chi connectivity index (χ1) is 10.3. The van der Waals surface area contributed by atoms with E-state index in [4.69, 9.17) is 9.47 Å². The quantitative estimate of drug-likeness (QED) is 0.827. The molecule has 2 saturated carbocycles. The molecule has 2 fully saturated rings. The fourth-order valence-corrected chi connectivity index (χ4v) is 3.54. The molecule has 2 aliphatic rings. The summed E-state index contributed by atoms with van der Waals surface area (Å²) in [5, 5.41) is 3.65. The zero-order chi connectivity index (χ0) is 14.7. The third-order valence-electron chi connectivity index (χ3n) is 4.81. The lowest BCUT2D eigenvalue weighted by atomic mass is 9.86. The molecule has 3 rings (SSSR count). The van der Waals surface area contributed by atoms with Gasteiger partial charge in [0.1, 0.15) is 5.75 Å². The van der Waals surface area contributed by atoms with Gasteiger partial charge in [-0.3, -0.25) is 0 Å². The summed E-state index contributed by atoms with van der Waals surface area (Å²) in [5.41, 5.74) is 1.23. The maximum Gasteiger partial charge on any atom is 0.120 e. The van der Waals surface area contributed by atoms with Gasteiger partial charge in [-0.2, -0.15) is 0 Å². The number of benzene rings is 1. The molecule has 1 atom stereocenters. The van der Waals surface area contributed by atoms with Gasteiger partial charge in [-0.05, 0) is 49.9 Å². The number of rotatable bonds is 7. The fourth-order valence-electron chi connectivity index (χ4n) is 3.54. The normalized spacial score (nSPS) is 22.2. The first-order valence-corrected chi connectivity index (χ1v) is 8.32. The third-order valence-corrected chi connectivity index (χ3v) is 4.81. The Morgan fingerprint density at radius 2 is 2.05 bits per heavy atom. The summed E-state index contributed by atoms with van der Waals surface area (Å²) in [4.78, 5) is 0. The summed E-state index contributed by atoms with van der Waals surface area (Å²) in [7, 11) is 1.86. The smallest absolute Gasteiger partial charge is 0.120 e. The SMILES string of the molecule is CCNC(c1cccc(OC2CC2)c1)C1(OC)CCCC1. The summed E-state index contributed by atoms with van der Waals surface area (Å²) in [6.45, 7) is 3.11. The highest BCUT2D eigenvalue weighted by Crippen LogP contribution is 2.43. The van der Waals surface area contributed by atoms with Crippen molar-refractivity contribution in [2.75, 3.05) is 13.7 Å². The molecule has 0 radical (unpaired) electrons. The van der Waals surface area contributed by atoms with Crippen molar-refractivity contribution >= 4 is 0 Å². The predicted molar refractivity (Wildman–Crippen MR) is 84.7 cm³/mol. The molecule has 0 aromatic heterocycles. The van der Waals surface area contributed by atoms with E-state index in [1.807, 2.05) is 7.11 Å². The van der Waals surface area contributed by atoms with Crippen LogP contribution in [0.3, 0.4) is 0 Å². The van der Waals surface area contributed by atoms with Crippen molar-refractivity contribution in [3.05, 3.63) is 29.8 Å². The van der Waals surface area contributed by atoms with Gasteiger partial charge < -0.3 is 14.8 Å². The summed E-state index contributed by atoms with van der Waals surface area (Å²) < 4.78 is 12.0. The topological polar surface area (TPSA) is 30.5 Å². The Balaban J connectivity index is 1.85. The van der Waals surface area contributed by atoms with Gasteiger partial charge in [0.05, 0.1) is 17.7 Å². The Hall–Kier alpha value is -1.06. The van der Waals surface area contributed by atoms with Crippen molar-refractivity contribution in [1.29, 1.82) is 0 Å². The zero-order valence-corrected chi connectivity index (χ0v) is 13.2. The van der Waals surface area contributed by atoms with Crippen LogP contribution in [-0.2, 0) is 4.74 Å². The second-order valence-corrected chi connectivity index (χ2v) is 6.36. The summed E-state index contributed by atoms with van der Waals surface area (Å²) >= 11 is 0. The van der Waals surface area contributed by atoms with Crippen LogP contribution in [-0.4, -0.2) is 25.4 Å². The van der Waals surface area contributed by atoms with Crippen LogP contribution in [0.5, 0.6) is 5.75 Å². The lowest BCUT2D eigenvalue weighted by molar-refractivity contribution is -0.0364. The molecular weight excluding hydrogens is 262 g/mol. The van der Waals surface area contributed by atoms with Crippen LogP contribution in [0.25, 0.3) is 0 Å². The molecule has 1 aromatic rings. The van der Waals surface area contributed by atoms with Gasteiger partial charge in [-0.15, -0.1) is 0 Å². The predicted octanol–water partition coefficient (Wildman–Crippen LogP) is 3.84. The van der Waals surface area contributed by atoms with Crippen molar-refractivity contribution in [1.82, 2.24) is 5.32 Å². The second-order valence-electron chi connectivity index (χ2n) is 6.36. The van der Waals surface area contributed by atoms with Crippen molar-refractivity contribution in [2.45, 2.75) is 63.2 Å². The van der Waals surface area contributed by atoms with Crippen molar-refractivity contribution in [2.24, 2.45) is 0 Å². The van der Waals surface area contributed by atoms with Crippen molar-refractivity contribution < 1.29 is 9.47 Å². The average molecular weight is 289 g/mol. The van der Waals surface area contributed by atoms with E-state index >= 15 is 0 Å². The minimum atomic E-state index is -0.0613. The van der Waals surface area contributed by atoms with E-state index in [2.05, 4.69) is 36.5 Å². The molecule has 0 aliphatic heterocycles. The van der Waals surface area contributed by atoms with Crippen molar-refractivity contribution in [3.63, 3.8) is 0 Å². The number of ether oxygens (including phenoxy) is 2. The van der Waals surface area contributed by atoms with Crippen LogP contribution >= 0.6 is 0 Å². The van der Waals surface area contributed by atoms with E-state index < -0.39 is 0 Å². The van der Waals surface area contributed by atoms with Crippen LogP contribution in [0.2, 0.25) is 0 Å². The monoisotopic (exact) mass is 289 g/mol. The maximum atomic E-state index is 6.00. The third kappa shape index (κ3) is 3.24. The average Bonchev–Trinajstić information content (AvgIpc) is 3.19. The lowest BCUT2D eigenvalue weighted by Gasteiger charge is -2.37. The number of nitrogens with one attached hydrogen (secondary N) is 1. The van der Waals surface area contributed by atoms with Gasteiger partial charge in [0.2, 0.25) is 0 Å². The highest BCUT2D eigenvalue weighted by molar-refractivity contribution is 5.33. The molecule has 0 saturated heterocycles. The molecule has 0 spiro atoms. The minimum absolute atomic E-state index is 0.0613. The molecule has 0 bridgehead atoms. The van der Waals surface area contributed by atoms with Crippen LogP contribution < -0.4 is 10.1 Å². The van der Waals surface area contributed by atoms with Crippen LogP contribution in [0.15, 0.2) is 24.3 Å². The van der Waals surface area contributed by atoms with E-state index in [9.17, 15) is 0 Å². The number of methoxy groups -OCH3 is 1. The van der Waals surface area contributed by atoms with Gasteiger partial charge in [0.15, 0.2) is 0 Å². The van der Waals surface area contributed by atoms with Crippen LogP contribution in [0.4, 0.5) is 0 Å². The Bertz CT molecular complexity index is 464. The second kappa shape index (κ2) is 6.37. The molecule has 1 unspecified atom stereocenters.